The van der Waals surface area contributed by atoms with Crippen molar-refractivity contribution in [2.24, 2.45) is 5.92 Å². The third-order valence-electron chi connectivity index (χ3n) is 4.32. The molecule has 0 bridgehead atoms. The molecule has 1 aromatic rings. The van der Waals surface area contributed by atoms with E-state index >= 15 is 0 Å². The molecule has 134 valence electrons. The Labute approximate surface area is 153 Å². The van der Waals surface area contributed by atoms with Crippen LogP contribution >= 0.6 is 23.2 Å². The van der Waals surface area contributed by atoms with Gasteiger partial charge in [-0.3, -0.25) is 4.79 Å². The molecule has 1 amide bonds. The quantitative estimate of drug-likeness (QED) is 0.772. The average Bonchev–Trinajstić information content (AvgIpc) is 2.55. The predicted molar refractivity (Wildman–Crippen MR) is 95.9 cm³/mol. The van der Waals surface area contributed by atoms with Crippen LogP contribution in [0.3, 0.4) is 0 Å². The van der Waals surface area contributed by atoms with E-state index in [0.29, 0.717) is 37.5 Å². The number of amides is 1. The molecule has 1 saturated heterocycles. The standard InChI is InChI=1S/C16H22Cl2N2O3S/c1-3-19(4-2)16(21)12-6-5-9-20(11-12)24(22,23)15-8-7-13(17)10-14(15)18/h7-8,10,12H,3-6,9,11H2,1-2H3. The van der Waals surface area contributed by atoms with Crippen molar-refractivity contribution in [2.75, 3.05) is 26.2 Å². The van der Waals surface area contributed by atoms with E-state index in [4.69, 9.17) is 23.2 Å². The molecule has 1 aliphatic rings. The van der Waals surface area contributed by atoms with Crippen molar-refractivity contribution >= 4 is 39.1 Å². The van der Waals surface area contributed by atoms with Gasteiger partial charge in [-0.05, 0) is 44.9 Å². The van der Waals surface area contributed by atoms with E-state index in [2.05, 4.69) is 0 Å². The van der Waals surface area contributed by atoms with E-state index in [-0.39, 0.29) is 28.3 Å². The second-order valence-electron chi connectivity index (χ2n) is 5.79. The highest BCUT2D eigenvalue weighted by Gasteiger charge is 2.35. The first-order chi connectivity index (χ1) is 11.3. The summed E-state index contributed by atoms with van der Waals surface area (Å²) in [6.45, 7) is 5.68. The molecule has 1 atom stereocenters. The van der Waals surface area contributed by atoms with Crippen LogP contribution in [0.5, 0.6) is 0 Å². The second-order valence-corrected chi connectivity index (χ2v) is 8.54. The van der Waals surface area contributed by atoms with Crippen LogP contribution in [0, 0.1) is 5.92 Å². The van der Waals surface area contributed by atoms with Crippen LogP contribution in [-0.4, -0.2) is 49.7 Å². The van der Waals surface area contributed by atoms with Gasteiger partial charge in [-0.25, -0.2) is 8.42 Å². The largest absolute Gasteiger partial charge is 0.343 e. The van der Waals surface area contributed by atoms with E-state index in [0.717, 1.165) is 0 Å². The molecule has 0 aromatic heterocycles. The van der Waals surface area contributed by atoms with Crippen molar-refractivity contribution in [3.05, 3.63) is 28.2 Å². The fourth-order valence-electron chi connectivity index (χ4n) is 2.98. The average molecular weight is 393 g/mol. The van der Waals surface area contributed by atoms with Gasteiger partial charge in [-0.1, -0.05) is 23.2 Å². The molecule has 2 rings (SSSR count). The summed E-state index contributed by atoms with van der Waals surface area (Å²) in [6, 6.07) is 4.33. The minimum atomic E-state index is -3.74. The number of piperidine rings is 1. The second kappa shape index (κ2) is 8.04. The number of nitrogens with zero attached hydrogens (tertiary/aromatic N) is 2. The minimum absolute atomic E-state index is 0.0158. The Morgan fingerprint density at radius 3 is 2.54 bits per heavy atom. The van der Waals surface area contributed by atoms with Crippen molar-refractivity contribution < 1.29 is 13.2 Å². The monoisotopic (exact) mass is 392 g/mol. The Kier molecular flexibility index (Phi) is 6.53. The number of carbonyl (C=O) groups excluding carboxylic acids is 1. The zero-order chi connectivity index (χ0) is 17.9. The van der Waals surface area contributed by atoms with Gasteiger partial charge >= 0.3 is 0 Å². The van der Waals surface area contributed by atoms with E-state index in [1.54, 1.807) is 4.90 Å². The van der Waals surface area contributed by atoms with Gasteiger partial charge in [0.05, 0.1) is 10.9 Å². The van der Waals surface area contributed by atoms with Crippen LogP contribution < -0.4 is 0 Å². The zero-order valence-electron chi connectivity index (χ0n) is 13.8. The topological polar surface area (TPSA) is 57.7 Å². The summed E-state index contributed by atoms with van der Waals surface area (Å²) in [7, 11) is -3.74. The summed E-state index contributed by atoms with van der Waals surface area (Å²) >= 11 is 11.9. The lowest BCUT2D eigenvalue weighted by Crippen LogP contribution is -2.46. The zero-order valence-corrected chi connectivity index (χ0v) is 16.2. The SMILES string of the molecule is CCN(CC)C(=O)C1CCCN(S(=O)(=O)c2ccc(Cl)cc2Cl)C1. The third kappa shape index (κ3) is 4.04. The van der Waals surface area contributed by atoms with Crippen molar-refractivity contribution in [3.8, 4) is 0 Å². The first-order valence-corrected chi connectivity index (χ1v) is 10.2. The van der Waals surface area contributed by atoms with Crippen molar-refractivity contribution in [1.82, 2.24) is 9.21 Å². The van der Waals surface area contributed by atoms with Gasteiger partial charge in [0, 0.05) is 31.2 Å². The number of sulfonamides is 1. The maximum absolute atomic E-state index is 12.9. The summed E-state index contributed by atoms with van der Waals surface area (Å²) in [5, 5.41) is 0.479. The molecule has 8 heteroatoms. The smallest absolute Gasteiger partial charge is 0.244 e. The van der Waals surface area contributed by atoms with Crippen molar-refractivity contribution in [2.45, 2.75) is 31.6 Å². The van der Waals surface area contributed by atoms with Crippen LogP contribution in [0.2, 0.25) is 10.0 Å². The van der Waals surface area contributed by atoms with Crippen LogP contribution in [-0.2, 0) is 14.8 Å². The molecule has 1 aromatic carbocycles. The van der Waals surface area contributed by atoms with Crippen LogP contribution in [0.25, 0.3) is 0 Å². The molecule has 0 radical (unpaired) electrons. The molecule has 1 heterocycles. The van der Waals surface area contributed by atoms with Gasteiger partial charge in [0.25, 0.3) is 0 Å². The Hall–Kier alpha value is -0.820. The number of carbonyl (C=O) groups is 1. The van der Waals surface area contributed by atoms with Crippen LogP contribution in [0.1, 0.15) is 26.7 Å². The Morgan fingerprint density at radius 2 is 1.96 bits per heavy atom. The van der Waals surface area contributed by atoms with Gasteiger partial charge in [0.2, 0.25) is 15.9 Å². The molecule has 5 nitrogen and oxygen atoms in total. The lowest BCUT2D eigenvalue weighted by atomic mass is 9.98. The van der Waals surface area contributed by atoms with E-state index < -0.39 is 10.0 Å². The number of benzene rings is 1. The summed E-state index contributed by atoms with van der Waals surface area (Å²) in [5.41, 5.74) is 0. The lowest BCUT2D eigenvalue weighted by molar-refractivity contribution is -0.136. The maximum atomic E-state index is 12.9. The van der Waals surface area contributed by atoms with Gasteiger partial charge in [0.1, 0.15) is 4.90 Å². The van der Waals surface area contributed by atoms with E-state index in [1.807, 2.05) is 13.8 Å². The molecule has 0 saturated carbocycles. The molecule has 0 spiro atoms. The molecular formula is C16H22Cl2N2O3S. The van der Waals surface area contributed by atoms with Crippen LogP contribution in [0.4, 0.5) is 0 Å². The number of hydrogen-bond donors (Lipinski definition) is 0. The molecular weight excluding hydrogens is 371 g/mol. The Balaban J connectivity index is 2.23. The predicted octanol–water partition coefficient (Wildman–Crippen LogP) is 3.26. The molecule has 0 N–H and O–H groups in total. The van der Waals surface area contributed by atoms with Crippen molar-refractivity contribution in [3.63, 3.8) is 0 Å². The highest BCUT2D eigenvalue weighted by molar-refractivity contribution is 7.89. The molecule has 1 aliphatic heterocycles. The van der Waals surface area contributed by atoms with Gasteiger partial charge in [0.15, 0.2) is 0 Å². The first-order valence-electron chi connectivity index (χ1n) is 8.05. The summed E-state index contributed by atoms with van der Waals surface area (Å²) in [6.07, 6.45) is 1.36. The fraction of sp³-hybridized carbons (Fsp3) is 0.562. The molecule has 24 heavy (non-hydrogen) atoms. The van der Waals surface area contributed by atoms with E-state index in [9.17, 15) is 13.2 Å². The maximum Gasteiger partial charge on any atom is 0.244 e. The molecule has 0 aliphatic carbocycles. The molecule has 1 unspecified atom stereocenters. The number of rotatable bonds is 5. The summed E-state index contributed by atoms with van der Waals surface area (Å²) in [4.78, 5) is 14.3. The normalized spacial score (nSPS) is 19.2. The van der Waals surface area contributed by atoms with Crippen LogP contribution in [0.15, 0.2) is 23.1 Å². The number of halogens is 2. The highest BCUT2D eigenvalue weighted by Crippen LogP contribution is 2.30. The van der Waals surface area contributed by atoms with Crippen molar-refractivity contribution in [1.29, 1.82) is 0 Å². The fourth-order valence-corrected chi connectivity index (χ4v) is 5.25. The Bertz CT molecular complexity index is 705. The third-order valence-corrected chi connectivity index (χ3v) is 6.90. The minimum Gasteiger partial charge on any atom is -0.343 e. The lowest BCUT2D eigenvalue weighted by Gasteiger charge is -2.34. The van der Waals surface area contributed by atoms with E-state index in [1.165, 1.54) is 22.5 Å². The summed E-state index contributed by atoms with van der Waals surface area (Å²) < 4.78 is 27.1. The number of hydrogen-bond acceptors (Lipinski definition) is 3. The highest BCUT2D eigenvalue weighted by atomic mass is 35.5. The molecule has 1 fully saturated rings. The first kappa shape index (κ1) is 19.5. The van der Waals surface area contributed by atoms with Gasteiger partial charge in [-0.2, -0.15) is 4.31 Å². The van der Waals surface area contributed by atoms with Gasteiger partial charge < -0.3 is 4.90 Å². The Morgan fingerprint density at radius 1 is 1.29 bits per heavy atom. The summed E-state index contributed by atoms with van der Waals surface area (Å²) in [5.74, 6) is -0.290. The van der Waals surface area contributed by atoms with Gasteiger partial charge in [-0.15, -0.1) is 0 Å².